The number of anilines is 1. The zero-order chi connectivity index (χ0) is 28.1. The van der Waals surface area contributed by atoms with Gasteiger partial charge in [-0.25, -0.2) is 4.79 Å². The van der Waals surface area contributed by atoms with Crippen molar-refractivity contribution in [3.63, 3.8) is 0 Å². The average molecular weight is 577 g/mol. The molecular formula is C30H32N4O4S2. The van der Waals surface area contributed by atoms with Crippen molar-refractivity contribution in [3.8, 4) is 5.75 Å². The van der Waals surface area contributed by atoms with Gasteiger partial charge in [-0.05, 0) is 67.5 Å². The van der Waals surface area contributed by atoms with Gasteiger partial charge in [0.1, 0.15) is 17.4 Å². The summed E-state index contributed by atoms with van der Waals surface area (Å²) < 4.78 is 13.3. The Morgan fingerprint density at radius 1 is 1.18 bits per heavy atom. The molecule has 8 nitrogen and oxygen atoms in total. The zero-order valence-corrected chi connectivity index (χ0v) is 24.3. The smallest absolute Gasteiger partial charge is 0.341 e. The number of carbonyl (C=O) groups excluding carboxylic acids is 2. The minimum absolute atomic E-state index is 0.116. The van der Waals surface area contributed by atoms with Gasteiger partial charge in [0.2, 0.25) is 5.91 Å². The third-order valence-corrected chi connectivity index (χ3v) is 9.02. The van der Waals surface area contributed by atoms with Crippen molar-refractivity contribution in [2.45, 2.75) is 57.8 Å². The molecule has 0 radical (unpaired) electrons. The van der Waals surface area contributed by atoms with Crippen LogP contribution in [0.15, 0.2) is 54.2 Å². The molecule has 10 heteroatoms. The van der Waals surface area contributed by atoms with Gasteiger partial charge in [0.15, 0.2) is 11.0 Å². The summed E-state index contributed by atoms with van der Waals surface area (Å²) in [6, 6.07) is 12.2. The summed E-state index contributed by atoms with van der Waals surface area (Å²) in [4.78, 5) is 26.9. The van der Waals surface area contributed by atoms with E-state index in [0.29, 0.717) is 28.1 Å². The van der Waals surface area contributed by atoms with Crippen LogP contribution in [-0.4, -0.2) is 39.0 Å². The Hall–Kier alpha value is -3.63. The Morgan fingerprint density at radius 3 is 2.83 bits per heavy atom. The van der Waals surface area contributed by atoms with Crippen molar-refractivity contribution in [3.05, 3.63) is 76.4 Å². The fourth-order valence-corrected chi connectivity index (χ4v) is 6.98. The third-order valence-electron chi connectivity index (χ3n) is 6.85. The molecule has 1 amide bonds. The molecule has 2 aromatic carbocycles. The maximum absolute atomic E-state index is 13.0. The number of amides is 1. The molecule has 40 heavy (non-hydrogen) atoms. The standard InChI is InChI=1S/C30H32N4O4S2/c1-4-16-34-25(17-38-23-15-14-20-10-6-7-11-21(20)19(23)3)32-33-30(34)39-18-26(35)31-28-27(29(36)37-5-2)22-12-8-9-13-24(22)40-28/h4,6-7,10-11,14-15H,1,5,8-9,12-13,16-18H2,2-3H3,(H,31,35). The molecule has 0 fully saturated rings. The van der Waals surface area contributed by atoms with Gasteiger partial charge in [-0.2, -0.15) is 0 Å². The molecule has 1 N–H and O–H groups in total. The molecule has 1 aliphatic rings. The van der Waals surface area contributed by atoms with E-state index in [0.717, 1.165) is 58.2 Å². The van der Waals surface area contributed by atoms with Crippen LogP contribution in [0.4, 0.5) is 5.00 Å². The van der Waals surface area contributed by atoms with Crippen LogP contribution in [0.5, 0.6) is 5.75 Å². The summed E-state index contributed by atoms with van der Waals surface area (Å²) in [5.41, 5.74) is 2.60. The first-order chi connectivity index (χ1) is 19.5. The first-order valence-corrected chi connectivity index (χ1v) is 15.2. The number of allylic oxidation sites excluding steroid dienone is 1. The van der Waals surface area contributed by atoms with Crippen LogP contribution in [0.25, 0.3) is 10.8 Å². The van der Waals surface area contributed by atoms with Gasteiger partial charge in [0.25, 0.3) is 0 Å². The van der Waals surface area contributed by atoms with Crippen molar-refractivity contribution in [2.75, 3.05) is 17.7 Å². The molecular weight excluding hydrogens is 544 g/mol. The highest BCUT2D eigenvalue weighted by atomic mass is 32.2. The van der Waals surface area contributed by atoms with E-state index in [1.54, 1.807) is 13.0 Å². The highest BCUT2D eigenvalue weighted by Gasteiger charge is 2.27. The molecule has 0 bridgehead atoms. The predicted octanol–water partition coefficient (Wildman–Crippen LogP) is 6.35. The van der Waals surface area contributed by atoms with E-state index in [1.807, 2.05) is 35.8 Å². The maximum atomic E-state index is 13.0. The van der Waals surface area contributed by atoms with Crippen molar-refractivity contribution in [2.24, 2.45) is 0 Å². The Bertz CT molecular complexity index is 1560. The maximum Gasteiger partial charge on any atom is 0.341 e. The molecule has 1 aliphatic carbocycles. The lowest BCUT2D eigenvalue weighted by atomic mass is 9.95. The highest BCUT2D eigenvalue weighted by molar-refractivity contribution is 7.99. The van der Waals surface area contributed by atoms with Gasteiger partial charge in [0, 0.05) is 11.4 Å². The van der Waals surface area contributed by atoms with E-state index in [2.05, 4.69) is 34.2 Å². The van der Waals surface area contributed by atoms with Crippen LogP contribution in [0.2, 0.25) is 0 Å². The number of benzene rings is 2. The highest BCUT2D eigenvalue weighted by Crippen LogP contribution is 2.39. The second-order valence-corrected chi connectivity index (χ2v) is 11.5. The van der Waals surface area contributed by atoms with Crippen LogP contribution in [0.1, 0.15) is 52.0 Å². The number of aryl methyl sites for hydroxylation is 2. The van der Waals surface area contributed by atoms with E-state index in [9.17, 15) is 9.59 Å². The number of thioether (sulfide) groups is 1. The second-order valence-electron chi connectivity index (χ2n) is 9.47. The van der Waals surface area contributed by atoms with Crippen LogP contribution >= 0.6 is 23.1 Å². The number of fused-ring (bicyclic) bond motifs is 2. The van der Waals surface area contributed by atoms with Crippen molar-refractivity contribution in [1.82, 2.24) is 14.8 Å². The molecule has 0 saturated carbocycles. The molecule has 5 rings (SSSR count). The second kappa shape index (κ2) is 12.7. The number of ether oxygens (including phenoxy) is 2. The number of carbonyl (C=O) groups is 2. The number of nitrogens with one attached hydrogen (secondary N) is 1. The summed E-state index contributed by atoms with van der Waals surface area (Å²) >= 11 is 2.77. The summed E-state index contributed by atoms with van der Waals surface area (Å²) in [5, 5.41) is 15.1. The number of rotatable bonds is 11. The lowest BCUT2D eigenvalue weighted by Crippen LogP contribution is -2.17. The quantitative estimate of drug-likeness (QED) is 0.126. The largest absolute Gasteiger partial charge is 0.485 e. The topological polar surface area (TPSA) is 95.3 Å². The Morgan fingerprint density at radius 2 is 2.00 bits per heavy atom. The number of hydrogen-bond donors (Lipinski definition) is 1. The van der Waals surface area contributed by atoms with Crippen LogP contribution in [-0.2, 0) is 35.5 Å². The molecule has 0 aliphatic heterocycles. The van der Waals surface area contributed by atoms with Gasteiger partial charge in [0.05, 0.1) is 17.9 Å². The lowest BCUT2D eigenvalue weighted by Gasteiger charge is -2.13. The number of esters is 1. The van der Waals surface area contributed by atoms with Crippen molar-refractivity contribution < 1.29 is 19.1 Å². The fraction of sp³-hybridized carbons (Fsp3) is 0.333. The van der Waals surface area contributed by atoms with E-state index in [4.69, 9.17) is 9.47 Å². The minimum Gasteiger partial charge on any atom is -0.485 e. The molecule has 2 aromatic heterocycles. The normalized spacial score (nSPS) is 12.7. The van der Waals surface area contributed by atoms with Gasteiger partial charge >= 0.3 is 5.97 Å². The Kier molecular flexibility index (Phi) is 8.86. The summed E-state index contributed by atoms with van der Waals surface area (Å²) in [7, 11) is 0. The average Bonchev–Trinajstić information content (AvgIpc) is 3.52. The van der Waals surface area contributed by atoms with Crippen molar-refractivity contribution in [1.29, 1.82) is 0 Å². The predicted molar refractivity (Wildman–Crippen MR) is 160 cm³/mol. The summed E-state index contributed by atoms with van der Waals surface area (Å²) in [6.07, 6.45) is 5.64. The number of thiophene rings is 1. The Labute approximate surface area is 241 Å². The monoisotopic (exact) mass is 576 g/mol. The number of aromatic nitrogens is 3. The van der Waals surface area contributed by atoms with E-state index >= 15 is 0 Å². The molecule has 0 spiro atoms. The van der Waals surface area contributed by atoms with Crippen LogP contribution < -0.4 is 10.1 Å². The summed E-state index contributed by atoms with van der Waals surface area (Å²) in [5.74, 6) is 0.959. The molecule has 2 heterocycles. The van der Waals surface area contributed by atoms with E-state index in [-0.39, 0.29) is 30.8 Å². The summed E-state index contributed by atoms with van der Waals surface area (Å²) in [6.45, 7) is 8.70. The Balaban J connectivity index is 1.26. The fourth-order valence-electron chi connectivity index (χ4n) is 4.92. The van der Waals surface area contributed by atoms with E-state index < -0.39 is 0 Å². The molecule has 0 unspecified atom stereocenters. The number of nitrogens with zero attached hydrogens (tertiary/aromatic N) is 3. The van der Waals surface area contributed by atoms with Gasteiger partial charge in [-0.3, -0.25) is 9.36 Å². The van der Waals surface area contributed by atoms with Crippen LogP contribution in [0.3, 0.4) is 0 Å². The molecule has 208 valence electrons. The van der Waals surface area contributed by atoms with Gasteiger partial charge < -0.3 is 14.8 Å². The third kappa shape index (κ3) is 5.93. The number of hydrogen-bond acceptors (Lipinski definition) is 8. The van der Waals surface area contributed by atoms with Gasteiger partial charge in [-0.15, -0.1) is 28.1 Å². The molecule has 0 saturated heterocycles. The first kappa shape index (κ1) is 27.9. The lowest BCUT2D eigenvalue weighted by molar-refractivity contribution is -0.113. The molecule has 4 aromatic rings. The van der Waals surface area contributed by atoms with Crippen molar-refractivity contribution >= 4 is 50.7 Å². The molecule has 0 atom stereocenters. The van der Waals surface area contributed by atoms with Gasteiger partial charge in [-0.1, -0.05) is 48.2 Å². The first-order valence-electron chi connectivity index (χ1n) is 13.4. The van der Waals surface area contributed by atoms with E-state index in [1.165, 1.54) is 23.1 Å². The minimum atomic E-state index is -0.373. The van der Waals surface area contributed by atoms with Crippen LogP contribution in [0, 0.1) is 6.92 Å². The SMILES string of the molecule is C=CCn1c(COc2ccc3ccccc3c2C)nnc1SCC(=O)Nc1sc2c(c1C(=O)OCC)CCCC2. The zero-order valence-electron chi connectivity index (χ0n) is 22.7.